The van der Waals surface area contributed by atoms with Gasteiger partial charge in [-0.1, -0.05) is 0 Å². The van der Waals surface area contributed by atoms with E-state index in [1.54, 1.807) is 13.8 Å². The largest absolute Gasteiger partial charge is 0.382 e. The van der Waals surface area contributed by atoms with Gasteiger partial charge in [-0.05, 0) is 13.8 Å². The van der Waals surface area contributed by atoms with Crippen LogP contribution in [0.1, 0.15) is 11.4 Å². The lowest BCUT2D eigenvalue weighted by Crippen LogP contribution is -2.03. The predicted molar refractivity (Wildman–Crippen MR) is 40.3 cm³/mol. The molecule has 0 bridgehead atoms. The molecule has 4 nitrogen and oxygen atoms in total. The summed E-state index contributed by atoms with van der Waals surface area (Å²) in [6, 6.07) is 0. The van der Waals surface area contributed by atoms with Gasteiger partial charge in [-0.3, -0.25) is 0 Å². The number of nitrogens with two attached hydrogens (primary N) is 2. The molecule has 1 rings (SSSR count). The van der Waals surface area contributed by atoms with Crippen LogP contribution >= 0.6 is 0 Å². The first kappa shape index (κ1) is 6.80. The maximum Gasteiger partial charge on any atom is 0.145 e. The van der Waals surface area contributed by atoms with Gasteiger partial charge in [-0.2, -0.15) is 0 Å². The second kappa shape index (κ2) is 2.13. The highest BCUT2D eigenvalue weighted by Gasteiger charge is 2.00. The summed E-state index contributed by atoms with van der Waals surface area (Å²) in [5.74, 6) is 0.901. The lowest BCUT2D eigenvalue weighted by atomic mass is 10.4. The van der Waals surface area contributed by atoms with Gasteiger partial charge in [0.15, 0.2) is 0 Å². The molecule has 0 unspecified atom stereocenters. The summed E-state index contributed by atoms with van der Waals surface area (Å²) in [5.41, 5.74) is 12.3. The maximum absolute atomic E-state index is 5.46. The van der Waals surface area contributed by atoms with Crippen molar-refractivity contribution in [3.05, 3.63) is 11.4 Å². The van der Waals surface area contributed by atoms with E-state index in [9.17, 15) is 0 Å². The van der Waals surface area contributed by atoms with Crippen molar-refractivity contribution >= 4 is 11.6 Å². The molecule has 0 aliphatic rings. The molecule has 0 atom stereocenters. The molecule has 0 spiro atoms. The molecule has 4 N–H and O–H groups in total. The Morgan fingerprint density at radius 2 is 1.20 bits per heavy atom. The number of hydrogen-bond acceptors (Lipinski definition) is 4. The number of rotatable bonds is 0. The van der Waals surface area contributed by atoms with E-state index in [-0.39, 0.29) is 0 Å². The third-order valence-corrected chi connectivity index (χ3v) is 1.32. The Morgan fingerprint density at radius 1 is 0.900 bits per heavy atom. The molecule has 1 aromatic heterocycles. The minimum absolute atomic E-state index is 0.451. The van der Waals surface area contributed by atoms with Gasteiger partial charge in [0.25, 0.3) is 0 Å². The van der Waals surface area contributed by atoms with Gasteiger partial charge in [-0.25, -0.2) is 9.97 Å². The van der Waals surface area contributed by atoms with E-state index in [1.165, 1.54) is 0 Å². The van der Waals surface area contributed by atoms with Crippen LogP contribution in [0.15, 0.2) is 0 Å². The van der Waals surface area contributed by atoms with Crippen molar-refractivity contribution in [2.45, 2.75) is 13.8 Å². The molecule has 0 saturated heterocycles. The zero-order valence-electron chi connectivity index (χ0n) is 6.05. The monoisotopic (exact) mass is 138 g/mol. The fourth-order valence-corrected chi connectivity index (χ4v) is 0.638. The van der Waals surface area contributed by atoms with Crippen LogP contribution in [0.2, 0.25) is 0 Å². The first-order chi connectivity index (χ1) is 4.61. The van der Waals surface area contributed by atoms with Crippen molar-refractivity contribution in [2.75, 3.05) is 11.5 Å². The molecule has 0 aliphatic carbocycles. The standard InChI is InChI=1S/C6H10N4/c1-3-5(7)10-4(2)6(8)9-3/h1-2H3,(H2,8,9)(H2,7,10). The molecule has 4 heteroatoms. The van der Waals surface area contributed by atoms with Crippen LogP contribution < -0.4 is 11.5 Å². The number of nitrogens with zero attached hydrogens (tertiary/aromatic N) is 2. The van der Waals surface area contributed by atoms with Crippen LogP contribution in [0.4, 0.5) is 11.6 Å². The highest BCUT2D eigenvalue weighted by Crippen LogP contribution is 2.09. The Kier molecular flexibility index (Phi) is 1.45. The first-order valence-electron chi connectivity index (χ1n) is 2.97. The molecular weight excluding hydrogens is 128 g/mol. The summed E-state index contributed by atoms with van der Waals surface area (Å²) in [4.78, 5) is 7.93. The van der Waals surface area contributed by atoms with Gasteiger partial charge in [-0.15, -0.1) is 0 Å². The summed E-state index contributed by atoms with van der Waals surface area (Å²) in [6.45, 7) is 3.55. The molecule has 0 amide bonds. The Hall–Kier alpha value is -1.32. The van der Waals surface area contributed by atoms with Gasteiger partial charge in [0.05, 0.1) is 11.4 Å². The third-order valence-electron chi connectivity index (χ3n) is 1.32. The molecule has 0 saturated carbocycles. The zero-order chi connectivity index (χ0) is 7.72. The van der Waals surface area contributed by atoms with E-state index in [2.05, 4.69) is 9.97 Å². The van der Waals surface area contributed by atoms with Crippen LogP contribution in [0.25, 0.3) is 0 Å². The van der Waals surface area contributed by atoms with E-state index >= 15 is 0 Å². The Morgan fingerprint density at radius 3 is 1.50 bits per heavy atom. The number of hydrogen-bond donors (Lipinski definition) is 2. The molecule has 1 heterocycles. The second-order valence-electron chi connectivity index (χ2n) is 2.16. The summed E-state index contributed by atoms with van der Waals surface area (Å²) in [5, 5.41) is 0. The number of nitrogen functional groups attached to an aromatic ring is 2. The van der Waals surface area contributed by atoms with Crippen LogP contribution in [0.3, 0.4) is 0 Å². The van der Waals surface area contributed by atoms with Gasteiger partial charge in [0, 0.05) is 0 Å². The fourth-order valence-electron chi connectivity index (χ4n) is 0.638. The van der Waals surface area contributed by atoms with E-state index in [4.69, 9.17) is 11.5 Å². The van der Waals surface area contributed by atoms with Crippen molar-refractivity contribution in [2.24, 2.45) is 0 Å². The lowest BCUT2D eigenvalue weighted by molar-refractivity contribution is 1.09. The maximum atomic E-state index is 5.46. The van der Waals surface area contributed by atoms with Gasteiger partial charge in [0.1, 0.15) is 11.6 Å². The van der Waals surface area contributed by atoms with Crippen LogP contribution in [-0.4, -0.2) is 9.97 Å². The quantitative estimate of drug-likeness (QED) is 0.539. The van der Waals surface area contributed by atoms with Crippen molar-refractivity contribution in [1.82, 2.24) is 9.97 Å². The minimum Gasteiger partial charge on any atom is -0.382 e. The second-order valence-corrected chi connectivity index (χ2v) is 2.16. The van der Waals surface area contributed by atoms with Crippen molar-refractivity contribution in [3.63, 3.8) is 0 Å². The molecule has 10 heavy (non-hydrogen) atoms. The first-order valence-corrected chi connectivity index (χ1v) is 2.97. The van der Waals surface area contributed by atoms with E-state index in [0.717, 1.165) is 0 Å². The average molecular weight is 138 g/mol. The zero-order valence-corrected chi connectivity index (χ0v) is 6.05. The Balaban J connectivity index is 3.28. The Bertz CT molecular complexity index is 206. The highest BCUT2D eigenvalue weighted by atomic mass is 15.0. The van der Waals surface area contributed by atoms with Gasteiger partial charge >= 0.3 is 0 Å². The molecular formula is C6H10N4. The summed E-state index contributed by atoms with van der Waals surface area (Å²) < 4.78 is 0. The molecule has 1 aromatic rings. The van der Waals surface area contributed by atoms with Gasteiger partial charge < -0.3 is 11.5 Å². The minimum atomic E-state index is 0.451. The van der Waals surface area contributed by atoms with E-state index in [1.807, 2.05) is 0 Å². The highest BCUT2D eigenvalue weighted by molar-refractivity contribution is 5.43. The number of aryl methyl sites for hydroxylation is 2. The van der Waals surface area contributed by atoms with Crippen molar-refractivity contribution in [1.29, 1.82) is 0 Å². The van der Waals surface area contributed by atoms with Crippen LogP contribution in [-0.2, 0) is 0 Å². The third kappa shape index (κ3) is 1.00. The van der Waals surface area contributed by atoms with Crippen molar-refractivity contribution < 1.29 is 0 Å². The topological polar surface area (TPSA) is 77.8 Å². The number of aromatic nitrogens is 2. The lowest BCUT2D eigenvalue weighted by Gasteiger charge is -2.01. The summed E-state index contributed by atoms with van der Waals surface area (Å²) in [7, 11) is 0. The average Bonchev–Trinajstić information content (AvgIpc) is 1.84. The van der Waals surface area contributed by atoms with Crippen LogP contribution in [0, 0.1) is 13.8 Å². The van der Waals surface area contributed by atoms with Crippen LogP contribution in [0.5, 0.6) is 0 Å². The number of anilines is 2. The molecule has 54 valence electrons. The smallest absolute Gasteiger partial charge is 0.145 e. The molecule has 0 aliphatic heterocycles. The molecule has 0 aromatic carbocycles. The van der Waals surface area contributed by atoms with Crippen molar-refractivity contribution in [3.8, 4) is 0 Å². The SMILES string of the molecule is Cc1nc(N)c(C)nc1N. The Labute approximate surface area is 59.3 Å². The van der Waals surface area contributed by atoms with Gasteiger partial charge in [0.2, 0.25) is 0 Å². The predicted octanol–water partition coefficient (Wildman–Crippen LogP) is 0.258. The summed E-state index contributed by atoms with van der Waals surface area (Å²) in [6.07, 6.45) is 0. The molecule has 0 fully saturated rings. The summed E-state index contributed by atoms with van der Waals surface area (Å²) >= 11 is 0. The van der Waals surface area contributed by atoms with E-state index < -0.39 is 0 Å². The fraction of sp³-hybridized carbons (Fsp3) is 0.333. The van der Waals surface area contributed by atoms with E-state index in [0.29, 0.717) is 23.0 Å². The molecule has 0 radical (unpaired) electrons. The normalized spacial score (nSPS) is 9.80.